The molecule has 0 atom stereocenters. The molecule has 4 rings (SSSR count). The molecule has 0 N–H and O–H groups in total. The monoisotopic (exact) mass is 422 g/mol. The quantitative estimate of drug-likeness (QED) is 0.603. The van der Waals surface area contributed by atoms with Gasteiger partial charge in [-0.15, -0.1) is 0 Å². The van der Waals surface area contributed by atoms with Crippen LogP contribution >= 0.6 is 0 Å². The van der Waals surface area contributed by atoms with E-state index in [1.165, 1.54) is 11.6 Å². The fourth-order valence-electron chi connectivity index (χ4n) is 3.64. The molecule has 2 aromatic carbocycles. The van der Waals surface area contributed by atoms with Gasteiger partial charge in [0, 0.05) is 25.6 Å². The van der Waals surface area contributed by atoms with Crippen LogP contribution in [0.4, 0.5) is 0 Å². The molecule has 0 radical (unpaired) electrons. The molecular weight excluding hydrogens is 395 g/mol. The zero-order chi connectivity index (χ0) is 22.6. The van der Waals surface area contributed by atoms with E-state index in [0.717, 1.165) is 10.1 Å². The number of aromatic nitrogens is 2. The summed E-state index contributed by atoms with van der Waals surface area (Å²) in [5.41, 5.74) is 0.269. The average molecular weight is 422 g/mol. The van der Waals surface area contributed by atoms with Crippen LogP contribution in [-0.4, -0.2) is 27.5 Å². The van der Waals surface area contributed by atoms with Crippen LogP contribution < -0.4 is 21.4 Å². The fraction of sp³-hybridized carbons (Fsp3) is 0.391. The van der Waals surface area contributed by atoms with Crippen LogP contribution in [0.2, 0.25) is 0 Å². The molecule has 1 aliphatic heterocycles. The number of nitrogens with zero attached hydrogens (tertiary/aromatic N) is 2. The maximum absolute atomic E-state index is 12.8. The van der Waals surface area contributed by atoms with E-state index in [4.69, 9.17) is 14.0 Å². The Morgan fingerprint density at radius 1 is 0.935 bits per heavy atom. The number of hydrogen-bond donors (Lipinski definition) is 0. The minimum absolute atomic E-state index is 0.331. The molecule has 0 aliphatic carbocycles. The smallest absolute Gasteiger partial charge is 0.489 e. The predicted octanol–water partition coefficient (Wildman–Crippen LogP) is 2.12. The number of fused-ring (bicyclic) bond motifs is 1. The third-order valence-corrected chi connectivity index (χ3v) is 6.34. The van der Waals surface area contributed by atoms with Crippen molar-refractivity contribution < 1.29 is 14.0 Å². The van der Waals surface area contributed by atoms with Crippen molar-refractivity contribution in [2.24, 2.45) is 14.1 Å². The molecule has 1 aliphatic rings. The van der Waals surface area contributed by atoms with Crippen molar-refractivity contribution in [2.45, 2.75) is 45.5 Å². The zero-order valence-electron chi connectivity index (χ0n) is 18.8. The van der Waals surface area contributed by atoms with Gasteiger partial charge >= 0.3 is 12.8 Å². The first-order chi connectivity index (χ1) is 14.5. The van der Waals surface area contributed by atoms with E-state index in [1.54, 1.807) is 19.2 Å². The van der Waals surface area contributed by atoms with Gasteiger partial charge in [0.25, 0.3) is 5.56 Å². The van der Waals surface area contributed by atoms with E-state index in [9.17, 15) is 9.59 Å². The fourth-order valence-corrected chi connectivity index (χ4v) is 3.64. The Kier molecular flexibility index (Phi) is 5.10. The van der Waals surface area contributed by atoms with Gasteiger partial charge in [-0.25, -0.2) is 4.79 Å². The minimum atomic E-state index is -0.706. The highest BCUT2D eigenvalue weighted by Gasteiger charge is 2.52. The topological polar surface area (TPSA) is 71.7 Å². The van der Waals surface area contributed by atoms with Gasteiger partial charge in [-0.2, -0.15) is 0 Å². The van der Waals surface area contributed by atoms with E-state index in [-0.39, 0.29) is 5.56 Å². The maximum atomic E-state index is 12.8. The molecule has 2 heterocycles. The Balaban J connectivity index is 1.87. The molecule has 8 heteroatoms. The molecule has 3 aromatic rings. The molecule has 0 spiro atoms. The second kappa shape index (κ2) is 7.39. The average Bonchev–Trinajstić information content (AvgIpc) is 2.96. The number of aryl methyl sites for hydroxylation is 1. The van der Waals surface area contributed by atoms with Gasteiger partial charge < -0.3 is 14.0 Å². The maximum Gasteiger partial charge on any atom is 0.498 e. The molecule has 0 bridgehead atoms. The molecule has 31 heavy (non-hydrogen) atoms. The highest BCUT2D eigenvalue weighted by atomic mass is 16.7. The highest BCUT2D eigenvalue weighted by molar-refractivity contribution is 6.63. The molecule has 162 valence electrons. The Bertz CT molecular complexity index is 1240. The molecule has 0 saturated carbocycles. The molecule has 1 aromatic heterocycles. The standard InChI is InChI=1S/C23H27BN2O5/c1-22(2)23(3,4)31-24(30-22)17-12-16-18(25(5)21(28)26(6)20(16)27)13-19(17)29-14-15-10-8-7-9-11-15/h7-13H,14H2,1-6H3. The zero-order valence-corrected chi connectivity index (χ0v) is 18.8. The summed E-state index contributed by atoms with van der Waals surface area (Å²) in [4.78, 5) is 25.3. The van der Waals surface area contributed by atoms with Crippen LogP contribution in [-0.2, 0) is 30.0 Å². The van der Waals surface area contributed by atoms with E-state index in [1.807, 2.05) is 58.0 Å². The van der Waals surface area contributed by atoms with E-state index in [0.29, 0.717) is 28.7 Å². The van der Waals surface area contributed by atoms with Crippen LogP contribution in [0.15, 0.2) is 52.1 Å². The molecule has 1 saturated heterocycles. The van der Waals surface area contributed by atoms with Crippen molar-refractivity contribution in [3.8, 4) is 5.75 Å². The lowest BCUT2D eigenvalue weighted by molar-refractivity contribution is 0.00578. The van der Waals surface area contributed by atoms with Crippen LogP contribution in [0.5, 0.6) is 5.75 Å². The Morgan fingerprint density at radius 2 is 1.55 bits per heavy atom. The van der Waals surface area contributed by atoms with Crippen molar-refractivity contribution in [1.29, 1.82) is 0 Å². The van der Waals surface area contributed by atoms with Gasteiger partial charge in [0.1, 0.15) is 12.4 Å². The van der Waals surface area contributed by atoms with Crippen molar-refractivity contribution in [1.82, 2.24) is 9.13 Å². The van der Waals surface area contributed by atoms with E-state index >= 15 is 0 Å². The van der Waals surface area contributed by atoms with Gasteiger partial charge in [-0.1, -0.05) is 30.3 Å². The van der Waals surface area contributed by atoms with Gasteiger partial charge in [0.05, 0.1) is 22.1 Å². The predicted molar refractivity (Wildman–Crippen MR) is 121 cm³/mol. The summed E-state index contributed by atoms with van der Waals surface area (Å²) < 4.78 is 21.2. The van der Waals surface area contributed by atoms with E-state index in [2.05, 4.69) is 0 Å². The second-order valence-corrected chi connectivity index (χ2v) is 8.98. The van der Waals surface area contributed by atoms with Crippen LogP contribution in [0.3, 0.4) is 0 Å². The van der Waals surface area contributed by atoms with Crippen molar-refractivity contribution in [3.05, 3.63) is 68.9 Å². The second-order valence-electron chi connectivity index (χ2n) is 8.98. The summed E-state index contributed by atoms with van der Waals surface area (Å²) >= 11 is 0. The number of ether oxygens (including phenoxy) is 1. The first-order valence-electron chi connectivity index (χ1n) is 10.3. The van der Waals surface area contributed by atoms with Crippen LogP contribution in [0, 0.1) is 0 Å². The lowest BCUT2D eigenvalue weighted by Gasteiger charge is -2.32. The Hall–Kier alpha value is -2.84. The normalized spacial score (nSPS) is 17.3. The van der Waals surface area contributed by atoms with Crippen LogP contribution in [0.1, 0.15) is 33.3 Å². The van der Waals surface area contributed by atoms with Gasteiger partial charge in [0.2, 0.25) is 0 Å². The molecular formula is C23H27BN2O5. The first-order valence-corrected chi connectivity index (χ1v) is 10.3. The summed E-state index contributed by atoms with van der Waals surface area (Å²) in [5, 5.41) is 0.404. The third kappa shape index (κ3) is 3.60. The van der Waals surface area contributed by atoms with E-state index < -0.39 is 24.0 Å². The largest absolute Gasteiger partial charge is 0.498 e. The summed E-state index contributed by atoms with van der Waals surface area (Å²) in [6, 6.07) is 13.2. The summed E-state index contributed by atoms with van der Waals surface area (Å²) in [6.45, 7) is 8.22. The number of hydrogen-bond acceptors (Lipinski definition) is 5. The molecule has 0 amide bonds. The third-order valence-electron chi connectivity index (χ3n) is 6.34. The molecule has 1 fully saturated rings. The first kappa shape index (κ1) is 21.4. The summed E-state index contributed by atoms with van der Waals surface area (Å²) in [5.74, 6) is 0.512. The van der Waals surface area contributed by atoms with Gasteiger partial charge in [-0.3, -0.25) is 13.9 Å². The van der Waals surface area contributed by atoms with Gasteiger partial charge in [0.15, 0.2) is 0 Å². The van der Waals surface area contributed by atoms with Gasteiger partial charge in [-0.05, 0) is 39.3 Å². The van der Waals surface area contributed by atoms with Crippen molar-refractivity contribution >= 4 is 23.5 Å². The summed E-state index contributed by atoms with van der Waals surface area (Å²) in [6.07, 6.45) is 0. The Labute approximate surface area is 181 Å². The van der Waals surface area contributed by atoms with Crippen molar-refractivity contribution in [2.75, 3.05) is 0 Å². The molecule has 7 nitrogen and oxygen atoms in total. The lowest BCUT2D eigenvalue weighted by Crippen LogP contribution is -2.41. The molecule has 0 unspecified atom stereocenters. The number of rotatable bonds is 4. The highest BCUT2D eigenvalue weighted by Crippen LogP contribution is 2.37. The Morgan fingerprint density at radius 3 is 2.16 bits per heavy atom. The SMILES string of the molecule is Cn1c(=O)c2cc(B3OC(C)(C)C(C)(C)O3)c(OCc3ccccc3)cc2n(C)c1=O. The summed E-state index contributed by atoms with van der Waals surface area (Å²) in [7, 11) is 2.40. The van der Waals surface area contributed by atoms with Crippen LogP contribution in [0.25, 0.3) is 10.9 Å². The lowest BCUT2D eigenvalue weighted by atomic mass is 9.77. The van der Waals surface area contributed by atoms with Crippen molar-refractivity contribution in [3.63, 3.8) is 0 Å². The number of benzene rings is 2. The minimum Gasteiger partial charge on any atom is -0.489 e.